The highest BCUT2D eigenvalue weighted by atomic mass is 19.1. The maximum atomic E-state index is 13.1. The van der Waals surface area contributed by atoms with Gasteiger partial charge in [0.2, 0.25) is 11.8 Å². The lowest BCUT2D eigenvalue weighted by atomic mass is 9.95. The molecule has 0 bridgehead atoms. The van der Waals surface area contributed by atoms with Crippen LogP contribution in [0.2, 0.25) is 0 Å². The fourth-order valence-corrected chi connectivity index (χ4v) is 3.14. The van der Waals surface area contributed by atoms with E-state index in [9.17, 15) is 18.8 Å². The number of nitrogens with one attached hydrogen (secondary N) is 1. The number of aryl methyl sites for hydroxylation is 1. The molecular weight excluding hydrogens is 381 g/mol. The first kappa shape index (κ1) is 20.2. The minimum Gasteiger partial charge on any atom is -0.463 e. The number of benzene rings is 1. The number of carbonyl (C=O) groups excluding carboxylic acids is 3. The number of aromatic nitrogens is 1. The Bertz CT molecular complexity index is 980. The smallest absolute Gasteiger partial charge is 0.336 e. The number of anilines is 2. The Morgan fingerprint density at radius 1 is 1.34 bits per heavy atom. The van der Waals surface area contributed by atoms with Gasteiger partial charge in [0.25, 0.3) is 0 Å². The van der Waals surface area contributed by atoms with Gasteiger partial charge in [-0.05, 0) is 45.0 Å². The van der Waals surface area contributed by atoms with Gasteiger partial charge in [0.05, 0.1) is 18.1 Å². The van der Waals surface area contributed by atoms with Gasteiger partial charge in [-0.2, -0.15) is 0 Å². The first-order valence-electron chi connectivity index (χ1n) is 9.02. The van der Waals surface area contributed by atoms with Crippen molar-refractivity contribution < 1.29 is 28.0 Å². The lowest BCUT2D eigenvalue weighted by Gasteiger charge is -2.17. The number of esters is 1. The van der Waals surface area contributed by atoms with Crippen LogP contribution in [0.25, 0.3) is 0 Å². The number of nitrogens with zero attached hydrogens (tertiary/aromatic N) is 2. The van der Waals surface area contributed by atoms with Crippen LogP contribution in [0.3, 0.4) is 0 Å². The third kappa shape index (κ3) is 4.18. The summed E-state index contributed by atoms with van der Waals surface area (Å²) in [6.45, 7) is 4.98. The van der Waals surface area contributed by atoms with Crippen molar-refractivity contribution in [3.05, 3.63) is 53.2 Å². The van der Waals surface area contributed by atoms with Crippen LogP contribution in [0.4, 0.5) is 15.9 Å². The molecule has 1 fully saturated rings. The molecule has 0 spiro atoms. The van der Waals surface area contributed by atoms with Crippen LogP contribution in [-0.2, 0) is 19.1 Å². The summed E-state index contributed by atoms with van der Waals surface area (Å²) in [5.41, 5.74) is 0.892. The molecule has 1 N–H and O–H groups in total. The summed E-state index contributed by atoms with van der Waals surface area (Å²) in [4.78, 5) is 39.0. The van der Waals surface area contributed by atoms with Gasteiger partial charge in [-0.15, -0.1) is 0 Å². The van der Waals surface area contributed by atoms with E-state index in [-0.39, 0.29) is 24.4 Å². The SMILES string of the molecule is CCOC(=O)/C(=C(\C)Nc1ccc(F)cc1)[C@H]1CC(=O)N(c2cc(C)on2)C1=O. The lowest BCUT2D eigenvalue weighted by Crippen LogP contribution is -2.32. The normalized spacial score (nSPS) is 17.4. The molecule has 1 aliphatic rings. The Labute approximate surface area is 166 Å². The lowest BCUT2D eigenvalue weighted by molar-refractivity contribution is -0.140. The van der Waals surface area contributed by atoms with E-state index in [4.69, 9.17) is 9.26 Å². The summed E-state index contributed by atoms with van der Waals surface area (Å²) < 4.78 is 23.2. The van der Waals surface area contributed by atoms with Crippen LogP contribution in [0.15, 0.2) is 46.1 Å². The van der Waals surface area contributed by atoms with Crippen LogP contribution in [0.1, 0.15) is 26.0 Å². The fraction of sp³-hybridized carbons (Fsp3) is 0.300. The highest BCUT2D eigenvalue weighted by Gasteiger charge is 2.45. The first-order valence-corrected chi connectivity index (χ1v) is 9.02. The molecule has 1 aromatic heterocycles. The highest BCUT2D eigenvalue weighted by Crippen LogP contribution is 2.33. The standard InChI is InChI=1S/C20H20FN3O5/c1-4-28-20(27)18(12(3)22-14-7-5-13(21)6-8-14)15-10-17(25)24(19(15)26)16-9-11(2)29-23-16/h5-9,15,22H,4,10H2,1-3H3/b18-12+/t15-/m1/s1. The summed E-state index contributed by atoms with van der Waals surface area (Å²) >= 11 is 0. The van der Waals surface area contributed by atoms with E-state index in [1.807, 2.05) is 0 Å². The first-order chi connectivity index (χ1) is 13.8. The van der Waals surface area contributed by atoms with Crippen molar-refractivity contribution in [2.24, 2.45) is 5.92 Å². The number of hydrogen-bond acceptors (Lipinski definition) is 7. The van der Waals surface area contributed by atoms with Gasteiger partial charge >= 0.3 is 5.97 Å². The number of imide groups is 1. The molecule has 2 aromatic rings. The van der Waals surface area contributed by atoms with E-state index in [1.165, 1.54) is 30.3 Å². The zero-order chi connectivity index (χ0) is 21.1. The topological polar surface area (TPSA) is 102 Å². The number of allylic oxidation sites excluding steroid dienone is 1. The maximum Gasteiger partial charge on any atom is 0.336 e. The third-order valence-electron chi connectivity index (χ3n) is 4.42. The number of rotatable bonds is 6. The van der Waals surface area contributed by atoms with E-state index in [2.05, 4.69) is 10.5 Å². The van der Waals surface area contributed by atoms with Crippen LogP contribution >= 0.6 is 0 Å². The maximum absolute atomic E-state index is 13.1. The fourth-order valence-electron chi connectivity index (χ4n) is 3.14. The Morgan fingerprint density at radius 2 is 2.03 bits per heavy atom. The zero-order valence-electron chi connectivity index (χ0n) is 16.2. The second-order valence-electron chi connectivity index (χ2n) is 6.51. The van der Waals surface area contributed by atoms with E-state index >= 15 is 0 Å². The van der Waals surface area contributed by atoms with Crippen molar-refractivity contribution >= 4 is 29.3 Å². The molecule has 2 heterocycles. The Morgan fingerprint density at radius 3 is 2.62 bits per heavy atom. The second-order valence-corrected chi connectivity index (χ2v) is 6.51. The largest absolute Gasteiger partial charge is 0.463 e. The molecular formula is C20H20FN3O5. The number of halogens is 1. The highest BCUT2D eigenvalue weighted by molar-refractivity contribution is 6.23. The van der Waals surface area contributed by atoms with Gasteiger partial charge < -0.3 is 14.6 Å². The predicted molar refractivity (Wildman–Crippen MR) is 101 cm³/mol. The minimum atomic E-state index is -1.04. The van der Waals surface area contributed by atoms with Gasteiger partial charge in [-0.25, -0.2) is 14.1 Å². The van der Waals surface area contributed by atoms with Gasteiger partial charge in [0, 0.05) is 23.9 Å². The van der Waals surface area contributed by atoms with Crippen molar-refractivity contribution in [1.29, 1.82) is 0 Å². The van der Waals surface area contributed by atoms with Crippen molar-refractivity contribution in [1.82, 2.24) is 5.16 Å². The zero-order valence-corrected chi connectivity index (χ0v) is 16.2. The van der Waals surface area contributed by atoms with Crippen LogP contribution in [0, 0.1) is 18.7 Å². The van der Waals surface area contributed by atoms with Crippen LogP contribution in [0.5, 0.6) is 0 Å². The van der Waals surface area contributed by atoms with Crippen LogP contribution in [-0.4, -0.2) is 29.5 Å². The molecule has 1 saturated heterocycles. The summed E-state index contributed by atoms with van der Waals surface area (Å²) in [7, 11) is 0. The molecule has 0 aliphatic carbocycles. The van der Waals surface area contributed by atoms with Gasteiger partial charge in [-0.1, -0.05) is 5.16 Å². The second kappa shape index (κ2) is 8.26. The van der Waals surface area contributed by atoms with E-state index < -0.39 is 29.5 Å². The molecule has 0 saturated carbocycles. The molecule has 3 rings (SSSR count). The molecule has 1 atom stereocenters. The number of ether oxygens (including phenoxy) is 1. The molecule has 8 nitrogen and oxygen atoms in total. The summed E-state index contributed by atoms with van der Waals surface area (Å²) in [6, 6.07) is 6.98. The average molecular weight is 401 g/mol. The van der Waals surface area contributed by atoms with Crippen molar-refractivity contribution in [3.8, 4) is 0 Å². The van der Waals surface area contributed by atoms with Crippen molar-refractivity contribution in [2.45, 2.75) is 27.2 Å². The summed E-state index contributed by atoms with van der Waals surface area (Å²) in [5, 5.41) is 6.70. The van der Waals surface area contributed by atoms with E-state index in [1.54, 1.807) is 20.8 Å². The number of carbonyl (C=O) groups is 3. The molecule has 0 unspecified atom stereocenters. The monoisotopic (exact) mass is 401 g/mol. The van der Waals surface area contributed by atoms with Crippen LogP contribution < -0.4 is 10.2 Å². The molecule has 1 aromatic carbocycles. The van der Waals surface area contributed by atoms with Gasteiger partial charge in [0.1, 0.15) is 11.6 Å². The Balaban J connectivity index is 1.96. The molecule has 1 aliphatic heterocycles. The number of amides is 2. The molecule has 0 radical (unpaired) electrons. The summed E-state index contributed by atoms with van der Waals surface area (Å²) in [5.74, 6) is -2.71. The van der Waals surface area contributed by atoms with E-state index in [0.29, 0.717) is 17.1 Å². The minimum absolute atomic E-state index is 0.0391. The Kier molecular flexibility index (Phi) is 5.76. The Hall–Kier alpha value is -3.49. The third-order valence-corrected chi connectivity index (χ3v) is 4.42. The molecule has 2 amide bonds. The predicted octanol–water partition coefficient (Wildman–Crippen LogP) is 2.95. The van der Waals surface area contributed by atoms with Gasteiger partial charge in [-0.3, -0.25) is 9.59 Å². The molecule has 9 heteroatoms. The van der Waals surface area contributed by atoms with Gasteiger partial charge in [0.15, 0.2) is 5.82 Å². The van der Waals surface area contributed by atoms with E-state index in [0.717, 1.165) is 4.90 Å². The number of hydrogen-bond donors (Lipinski definition) is 1. The molecule has 152 valence electrons. The van der Waals surface area contributed by atoms with Crippen molar-refractivity contribution in [3.63, 3.8) is 0 Å². The summed E-state index contributed by atoms with van der Waals surface area (Å²) in [6.07, 6.45) is -0.207. The quantitative estimate of drug-likeness (QED) is 0.451. The average Bonchev–Trinajstić information content (AvgIpc) is 3.20. The molecule has 29 heavy (non-hydrogen) atoms. The van der Waals surface area contributed by atoms with Crippen molar-refractivity contribution in [2.75, 3.05) is 16.8 Å².